The van der Waals surface area contributed by atoms with Crippen molar-refractivity contribution in [1.29, 1.82) is 0 Å². The number of carbonyl (C=O) groups is 1. The second-order valence-corrected chi connectivity index (χ2v) is 11.6. The van der Waals surface area contributed by atoms with Crippen molar-refractivity contribution in [2.24, 2.45) is 11.3 Å². The summed E-state index contributed by atoms with van der Waals surface area (Å²) in [6.07, 6.45) is 4.58. The third-order valence-electron chi connectivity index (χ3n) is 7.54. The molecule has 0 bridgehead atoms. The van der Waals surface area contributed by atoms with Gasteiger partial charge in [-0.2, -0.15) is 0 Å². The largest absolute Gasteiger partial charge is 0.469 e. The normalized spacial score (nSPS) is 19.8. The molecule has 1 heterocycles. The Kier molecular flexibility index (Phi) is 7.25. The zero-order valence-corrected chi connectivity index (χ0v) is 22.4. The van der Waals surface area contributed by atoms with Crippen LogP contribution in [0.25, 0.3) is 11.0 Å². The van der Waals surface area contributed by atoms with Crippen LogP contribution in [0, 0.1) is 18.3 Å². The van der Waals surface area contributed by atoms with Gasteiger partial charge in [-0.25, -0.2) is 4.98 Å². The molecule has 0 aliphatic heterocycles. The number of methoxy groups -OCH3 is 1. The second-order valence-electron chi connectivity index (χ2n) is 11.6. The van der Waals surface area contributed by atoms with Crippen LogP contribution in [0.2, 0.25) is 0 Å². The minimum atomic E-state index is -0.180. The number of hydrogen-bond acceptors (Lipinski definition) is 4. The lowest BCUT2D eigenvalue weighted by molar-refractivity contribution is -0.140. The number of nitrogens with zero attached hydrogens (tertiary/aromatic N) is 2. The first-order valence-electron chi connectivity index (χ1n) is 13.0. The Hall–Kier alpha value is -2.82. The number of carbonyl (C=O) groups excluding carboxylic acids is 1. The molecule has 4 rings (SSSR count). The third-order valence-corrected chi connectivity index (χ3v) is 7.54. The summed E-state index contributed by atoms with van der Waals surface area (Å²) < 4.78 is 7.30. The Bertz CT molecular complexity index is 1190. The Balaban J connectivity index is 1.76. The molecule has 0 amide bonds. The monoisotopic (exact) mass is 475 g/mol. The lowest BCUT2D eigenvalue weighted by Gasteiger charge is -2.40. The van der Waals surface area contributed by atoms with Crippen molar-refractivity contribution in [2.75, 3.05) is 12.4 Å². The van der Waals surface area contributed by atoms with Crippen molar-refractivity contribution in [2.45, 2.75) is 85.6 Å². The summed E-state index contributed by atoms with van der Waals surface area (Å²) in [6.45, 7) is 13.7. The highest BCUT2D eigenvalue weighted by Gasteiger charge is 2.34. The van der Waals surface area contributed by atoms with Crippen molar-refractivity contribution in [1.82, 2.24) is 9.55 Å². The van der Waals surface area contributed by atoms with Gasteiger partial charge in [-0.15, -0.1) is 0 Å². The maximum Gasteiger partial charge on any atom is 0.305 e. The first-order valence-corrected chi connectivity index (χ1v) is 13.0. The number of ether oxygens (including phenoxy) is 1. The van der Waals surface area contributed by atoms with Crippen LogP contribution in [0.15, 0.2) is 36.4 Å². The summed E-state index contributed by atoms with van der Waals surface area (Å²) in [5.74, 6) is 1.89. The van der Waals surface area contributed by atoms with E-state index in [0.717, 1.165) is 35.6 Å². The molecule has 5 heteroatoms. The second kappa shape index (κ2) is 10.0. The Morgan fingerprint density at radius 2 is 1.91 bits per heavy atom. The quantitative estimate of drug-likeness (QED) is 0.356. The summed E-state index contributed by atoms with van der Waals surface area (Å²) >= 11 is 0. The van der Waals surface area contributed by atoms with E-state index in [1.54, 1.807) is 0 Å². The van der Waals surface area contributed by atoms with Crippen LogP contribution in [0.1, 0.15) is 89.0 Å². The number of aromatic nitrogens is 2. The van der Waals surface area contributed by atoms with Crippen LogP contribution in [0.5, 0.6) is 0 Å². The Morgan fingerprint density at radius 3 is 2.54 bits per heavy atom. The number of hydrogen-bond donors (Lipinski definition) is 1. The number of imidazole rings is 1. The zero-order chi connectivity index (χ0) is 25.3. The lowest BCUT2D eigenvalue weighted by atomic mass is 9.70. The van der Waals surface area contributed by atoms with E-state index in [0.29, 0.717) is 36.1 Å². The molecule has 0 unspecified atom stereocenters. The third kappa shape index (κ3) is 5.71. The van der Waals surface area contributed by atoms with E-state index in [1.807, 2.05) is 0 Å². The molecule has 1 saturated carbocycles. The van der Waals surface area contributed by atoms with E-state index in [-0.39, 0.29) is 5.97 Å². The van der Waals surface area contributed by atoms with Crippen LogP contribution >= 0.6 is 0 Å². The Morgan fingerprint density at radius 1 is 1.20 bits per heavy atom. The van der Waals surface area contributed by atoms with E-state index >= 15 is 0 Å². The fourth-order valence-corrected chi connectivity index (χ4v) is 5.93. The topological polar surface area (TPSA) is 56.1 Å². The molecule has 2 aromatic carbocycles. The Labute approximate surface area is 210 Å². The molecule has 0 radical (unpaired) electrons. The van der Waals surface area contributed by atoms with Gasteiger partial charge in [0.05, 0.1) is 18.1 Å². The molecule has 1 aliphatic carbocycles. The molecular weight excluding hydrogens is 434 g/mol. The maximum absolute atomic E-state index is 11.7. The van der Waals surface area contributed by atoms with E-state index in [9.17, 15) is 4.79 Å². The van der Waals surface area contributed by atoms with Crippen molar-refractivity contribution in [3.8, 4) is 0 Å². The molecule has 1 aliphatic rings. The molecule has 5 nitrogen and oxygen atoms in total. The van der Waals surface area contributed by atoms with Gasteiger partial charge >= 0.3 is 5.97 Å². The van der Waals surface area contributed by atoms with Gasteiger partial charge in [0.2, 0.25) is 5.95 Å². The van der Waals surface area contributed by atoms with E-state index in [2.05, 4.69) is 87.8 Å². The zero-order valence-electron chi connectivity index (χ0n) is 22.4. The average Bonchev–Trinajstić information content (AvgIpc) is 3.12. The molecular formula is C30H41N3O2. The lowest BCUT2D eigenvalue weighted by Crippen LogP contribution is -2.29. The number of benzene rings is 2. The number of nitrogens with one attached hydrogen (secondary N) is 1. The molecule has 1 fully saturated rings. The van der Waals surface area contributed by atoms with Gasteiger partial charge in [-0.1, -0.05) is 46.8 Å². The van der Waals surface area contributed by atoms with Crippen LogP contribution in [0.4, 0.5) is 11.6 Å². The first-order chi connectivity index (χ1) is 16.6. The minimum absolute atomic E-state index is 0.180. The standard InChI is InChI=1S/C30H41N3O2/c1-19(2)22-8-11-24(12-9-22)31-29-32-26-16-23(10-13-28(34)35-7)21(4)15-27(26)33(29)25-14-20(3)17-30(5,6)18-25/h8-9,11-12,15-16,19-20,25H,10,13-14,17-18H2,1-7H3,(H,31,32)/t20-,25-/m0/s1. The van der Waals surface area contributed by atoms with Gasteiger partial charge in [0, 0.05) is 18.2 Å². The summed E-state index contributed by atoms with van der Waals surface area (Å²) in [5.41, 5.74) is 7.17. The first kappa shape index (κ1) is 25.3. The van der Waals surface area contributed by atoms with Gasteiger partial charge < -0.3 is 14.6 Å². The van der Waals surface area contributed by atoms with E-state index < -0.39 is 0 Å². The number of aryl methyl sites for hydroxylation is 2. The van der Waals surface area contributed by atoms with Gasteiger partial charge in [-0.05, 0) is 90.8 Å². The van der Waals surface area contributed by atoms with Crippen LogP contribution in [-0.2, 0) is 16.0 Å². The highest BCUT2D eigenvalue weighted by molar-refractivity contribution is 5.82. The van der Waals surface area contributed by atoms with Crippen LogP contribution in [0.3, 0.4) is 0 Å². The maximum atomic E-state index is 11.7. The van der Waals surface area contributed by atoms with Gasteiger partial charge in [0.25, 0.3) is 0 Å². The van der Waals surface area contributed by atoms with Crippen molar-refractivity contribution < 1.29 is 9.53 Å². The van der Waals surface area contributed by atoms with Crippen LogP contribution in [-0.4, -0.2) is 22.6 Å². The van der Waals surface area contributed by atoms with Crippen molar-refractivity contribution >= 4 is 28.6 Å². The SMILES string of the molecule is COC(=O)CCc1cc2nc(Nc3ccc(C(C)C)cc3)n([C@H]3C[C@H](C)CC(C)(C)C3)c2cc1C. The molecule has 0 spiro atoms. The summed E-state index contributed by atoms with van der Waals surface area (Å²) in [4.78, 5) is 16.8. The summed E-state index contributed by atoms with van der Waals surface area (Å²) in [6, 6.07) is 13.5. The molecule has 188 valence electrons. The molecule has 2 atom stereocenters. The number of esters is 1. The molecule has 35 heavy (non-hydrogen) atoms. The smallest absolute Gasteiger partial charge is 0.305 e. The van der Waals surface area contributed by atoms with E-state index in [1.165, 1.54) is 30.2 Å². The highest BCUT2D eigenvalue weighted by atomic mass is 16.5. The van der Waals surface area contributed by atoms with E-state index in [4.69, 9.17) is 9.72 Å². The minimum Gasteiger partial charge on any atom is -0.469 e. The molecule has 0 saturated heterocycles. The van der Waals surface area contributed by atoms with Crippen LogP contribution < -0.4 is 5.32 Å². The molecule has 1 N–H and O–H groups in total. The molecule has 1 aromatic heterocycles. The number of anilines is 2. The number of rotatable bonds is 7. The summed E-state index contributed by atoms with van der Waals surface area (Å²) in [7, 11) is 1.44. The average molecular weight is 476 g/mol. The highest BCUT2D eigenvalue weighted by Crippen LogP contribution is 2.46. The summed E-state index contributed by atoms with van der Waals surface area (Å²) in [5, 5.41) is 3.64. The fourth-order valence-electron chi connectivity index (χ4n) is 5.93. The van der Waals surface area contributed by atoms with Gasteiger partial charge in [0.15, 0.2) is 0 Å². The molecule has 3 aromatic rings. The van der Waals surface area contributed by atoms with Gasteiger partial charge in [0.1, 0.15) is 0 Å². The predicted octanol–water partition coefficient (Wildman–Crippen LogP) is 7.70. The number of fused-ring (bicyclic) bond motifs is 1. The predicted molar refractivity (Wildman–Crippen MR) is 144 cm³/mol. The van der Waals surface area contributed by atoms with Gasteiger partial charge in [-0.3, -0.25) is 4.79 Å². The van der Waals surface area contributed by atoms with Crippen molar-refractivity contribution in [3.05, 3.63) is 53.1 Å². The fraction of sp³-hybridized carbons (Fsp3) is 0.533. The van der Waals surface area contributed by atoms with Crippen molar-refractivity contribution in [3.63, 3.8) is 0 Å².